The zero-order valence-electron chi connectivity index (χ0n) is 19.4. The lowest BCUT2D eigenvalue weighted by molar-refractivity contribution is 0.242. The van der Waals surface area contributed by atoms with Crippen molar-refractivity contribution >= 4 is 11.3 Å². The van der Waals surface area contributed by atoms with E-state index in [1.807, 2.05) is 32.2 Å². The molecule has 0 aliphatic heterocycles. The Morgan fingerprint density at radius 1 is 1.29 bits per heavy atom. The number of nitrogens with zero attached hydrogens (tertiary/aromatic N) is 1. The van der Waals surface area contributed by atoms with Gasteiger partial charge in [-0.1, -0.05) is 38.0 Å². The number of rotatable bonds is 7. The summed E-state index contributed by atoms with van der Waals surface area (Å²) in [6, 6.07) is 12.6. The van der Waals surface area contributed by atoms with Crippen molar-refractivity contribution in [1.82, 2.24) is 0 Å². The van der Waals surface area contributed by atoms with E-state index in [9.17, 15) is 0 Å². The average Bonchev–Trinajstić information content (AvgIpc) is 3.14. The molecule has 2 aromatic carbocycles. The normalized spacial score (nSPS) is 17.4. The summed E-state index contributed by atoms with van der Waals surface area (Å²) in [5.41, 5.74) is 14.2. The minimum Gasteiger partial charge on any atom is -0.490 e. The highest BCUT2D eigenvalue weighted by Gasteiger charge is 2.21. The summed E-state index contributed by atoms with van der Waals surface area (Å²) in [7, 11) is 0. The highest BCUT2D eigenvalue weighted by molar-refractivity contribution is 6.03. The molecule has 2 unspecified atom stereocenters. The number of fused-ring (bicyclic) bond motifs is 1. The maximum Gasteiger partial charge on any atom is 0.135 e. The van der Waals surface area contributed by atoms with Gasteiger partial charge in [-0.05, 0) is 92.0 Å². The first-order valence-electron chi connectivity index (χ1n) is 11.3. The Morgan fingerprint density at radius 2 is 2.06 bits per heavy atom. The second-order valence-electron chi connectivity index (χ2n) is 8.68. The van der Waals surface area contributed by atoms with E-state index in [2.05, 4.69) is 51.0 Å². The lowest BCUT2D eigenvalue weighted by Gasteiger charge is -2.16. The summed E-state index contributed by atoms with van der Waals surface area (Å²) in [6.45, 7) is 10.5. The van der Waals surface area contributed by atoms with E-state index in [1.54, 1.807) is 0 Å². The van der Waals surface area contributed by atoms with E-state index in [4.69, 9.17) is 21.9 Å². The quantitative estimate of drug-likeness (QED) is 0.427. The van der Waals surface area contributed by atoms with Gasteiger partial charge in [0, 0.05) is 12.2 Å². The SMILES string of the molecule is C#Cc1cc(/C(=N/C=C(\C)c2cccc3c2CCC3N)C(C)CC)ccc1OC(C)C. The number of hydrogen-bond acceptors (Lipinski definition) is 3. The molecule has 1 aliphatic rings. The number of aliphatic imine (C=N–C) groups is 1. The smallest absolute Gasteiger partial charge is 0.135 e. The second kappa shape index (κ2) is 9.98. The Bertz CT molecular complexity index is 1040. The van der Waals surface area contributed by atoms with Crippen LogP contribution >= 0.6 is 0 Å². The molecule has 0 spiro atoms. The third-order valence-electron chi connectivity index (χ3n) is 6.01. The Kier molecular flexibility index (Phi) is 7.36. The summed E-state index contributed by atoms with van der Waals surface area (Å²) in [5, 5.41) is 0. The van der Waals surface area contributed by atoms with Crippen LogP contribution in [0, 0.1) is 18.3 Å². The molecule has 3 heteroatoms. The Balaban J connectivity index is 2.00. The van der Waals surface area contributed by atoms with Crippen LogP contribution in [0.3, 0.4) is 0 Å². The van der Waals surface area contributed by atoms with Gasteiger partial charge in [0.15, 0.2) is 0 Å². The van der Waals surface area contributed by atoms with Crippen LogP contribution in [0.25, 0.3) is 5.57 Å². The molecular formula is C28H34N2O. The van der Waals surface area contributed by atoms with Crippen LogP contribution in [0.1, 0.15) is 81.3 Å². The van der Waals surface area contributed by atoms with Crippen LogP contribution in [-0.4, -0.2) is 11.8 Å². The molecular weight excluding hydrogens is 380 g/mol. The number of hydrogen-bond donors (Lipinski definition) is 1. The van der Waals surface area contributed by atoms with Crippen LogP contribution in [0.15, 0.2) is 47.6 Å². The lowest BCUT2D eigenvalue weighted by Crippen LogP contribution is -2.13. The monoisotopic (exact) mass is 414 g/mol. The molecule has 0 saturated heterocycles. The van der Waals surface area contributed by atoms with E-state index in [1.165, 1.54) is 16.7 Å². The molecule has 0 aromatic heterocycles. The van der Waals surface area contributed by atoms with Gasteiger partial charge in [-0.25, -0.2) is 0 Å². The van der Waals surface area contributed by atoms with Crippen molar-refractivity contribution in [2.45, 2.75) is 66.0 Å². The van der Waals surface area contributed by atoms with Crippen molar-refractivity contribution in [1.29, 1.82) is 0 Å². The number of benzene rings is 2. The first-order chi connectivity index (χ1) is 14.8. The molecule has 2 N–H and O–H groups in total. The summed E-state index contributed by atoms with van der Waals surface area (Å²) in [5.74, 6) is 3.82. The topological polar surface area (TPSA) is 47.6 Å². The van der Waals surface area contributed by atoms with E-state index in [-0.39, 0.29) is 12.1 Å². The first kappa shape index (κ1) is 22.8. The minimum atomic E-state index is 0.0759. The Labute approximate surface area is 187 Å². The van der Waals surface area contributed by atoms with E-state index in [0.29, 0.717) is 5.92 Å². The molecule has 2 aromatic rings. The molecule has 0 bridgehead atoms. The van der Waals surface area contributed by atoms with Crippen molar-refractivity contribution in [2.75, 3.05) is 0 Å². The first-order valence-corrected chi connectivity index (χ1v) is 11.3. The molecule has 1 aliphatic carbocycles. The molecule has 3 nitrogen and oxygen atoms in total. The summed E-state index contributed by atoms with van der Waals surface area (Å²) in [6.07, 6.45) is 10.9. The van der Waals surface area contributed by atoms with Crippen molar-refractivity contribution in [3.63, 3.8) is 0 Å². The molecule has 0 fully saturated rings. The maximum atomic E-state index is 6.27. The fourth-order valence-electron chi connectivity index (χ4n) is 4.13. The highest BCUT2D eigenvalue weighted by atomic mass is 16.5. The van der Waals surface area contributed by atoms with Crippen molar-refractivity contribution in [2.24, 2.45) is 16.6 Å². The second-order valence-corrected chi connectivity index (χ2v) is 8.68. The van der Waals surface area contributed by atoms with Crippen LogP contribution in [-0.2, 0) is 6.42 Å². The number of terminal acetylenes is 1. The zero-order chi connectivity index (χ0) is 22.5. The van der Waals surface area contributed by atoms with Gasteiger partial charge in [0.25, 0.3) is 0 Å². The third-order valence-corrected chi connectivity index (χ3v) is 6.01. The van der Waals surface area contributed by atoms with Crippen molar-refractivity contribution in [3.05, 3.63) is 70.4 Å². The zero-order valence-corrected chi connectivity index (χ0v) is 19.4. The minimum absolute atomic E-state index is 0.0759. The lowest BCUT2D eigenvalue weighted by atomic mass is 9.94. The van der Waals surface area contributed by atoms with Gasteiger partial charge in [-0.15, -0.1) is 6.42 Å². The van der Waals surface area contributed by atoms with Gasteiger partial charge in [0.1, 0.15) is 5.75 Å². The summed E-state index contributed by atoms with van der Waals surface area (Å²) >= 11 is 0. The van der Waals surface area contributed by atoms with E-state index < -0.39 is 0 Å². The molecule has 162 valence electrons. The van der Waals surface area contributed by atoms with Crippen LogP contribution in [0.2, 0.25) is 0 Å². The summed E-state index contributed by atoms with van der Waals surface area (Å²) in [4.78, 5) is 4.97. The van der Waals surface area contributed by atoms with E-state index >= 15 is 0 Å². The third kappa shape index (κ3) is 5.09. The number of nitrogens with two attached hydrogens (primary N) is 1. The van der Waals surface area contributed by atoms with Crippen LogP contribution in [0.4, 0.5) is 0 Å². The molecule has 0 heterocycles. The standard InChI is InChI=1S/C28H34N2O/c1-7-19(5)28(22-12-15-27(31-18(3)4)21(8-2)16-22)30-17-20(6)23-10-9-11-25-24(23)13-14-26(25)29/h2,9-12,15-19,26H,7,13-14,29H2,1,3-6H3/b20-17+,30-28+. The Hall–Kier alpha value is -2.83. The van der Waals surface area contributed by atoms with Gasteiger partial charge in [-0.3, -0.25) is 4.99 Å². The molecule has 3 rings (SSSR count). The van der Waals surface area contributed by atoms with Gasteiger partial charge in [0.2, 0.25) is 0 Å². The van der Waals surface area contributed by atoms with Crippen LogP contribution in [0.5, 0.6) is 5.75 Å². The molecule has 31 heavy (non-hydrogen) atoms. The largest absolute Gasteiger partial charge is 0.490 e. The predicted molar refractivity (Wildman–Crippen MR) is 131 cm³/mol. The van der Waals surface area contributed by atoms with Crippen molar-refractivity contribution in [3.8, 4) is 18.1 Å². The molecule has 2 atom stereocenters. The van der Waals surface area contributed by atoms with Gasteiger partial charge >= 0.3 is 0 Å². The average molecular weight is 415 g/mol. The van der Waals surface area contributed by atoms with E-state index in [0.717, 1.165) is 47.4 Å². The fraction of sp³-hybridized carbons (Fsp3) is 0.393. The van der Waals surface area contributed by atoms with Crippen LogP contribution < -0.4 is 10.5 Å². The molecule has 0 saturated carbocycles. The summed E-state index contributed by atoms with van der Waals surface area (Å²) < 4.78 is 5.86. The van der Waals surface area contributed by atoms with Crippen molar-refractivity contribution < 1.29 is 4.74 Å². The number of ether oxygens (including phenoxy) is 1. The predicted octanol–water partition coefficient (Wildman–Crippen LogP) is 6.30. The highest BCUT2D eigenvalue weighted by Crippen LogP contribution is 2.34. The Morgan fingerprint density at radius 3 is 2.74 bits per heavy atom. The van der Waals surface area contributed by atoms with Gasteiger partial charge in [0.05, 0.1) is 17.4 Å². The maximum absolute atomic E-state index is 6.27. The molecule has 0 radical (unpaired) electrons. The van der Waals surface area contributed by atoms with Gasteiger partial charge < -0.3 is 10.5 Å². The van der Waals surface area contributed by atoms with Gasteiger partial charge in [-0.2, -0.15) is 0 Å². The fourth-order valence-corrected chi connectivity index (χ4v) is 4.13. The number of allylic oxidation sites excluding steroid dienone is 1. The molecule has 0 amide bonds.